The zero-order chi connectivity index (χ0) is 16.9. The smallest absolute Gasteiger partial charge is 0.224 e. The lowest BCUT2D eigenvalue weighted by molar-refractivity contribution is -0.126. The van der Waals surface area contributed by atoms with Crippen LogP contribution < -0.4 is 5.32 Å². The Morgan fingerprint density at radius 1 is 1.38 bits per heavy atom. The van der Waals surface area contributed by atoms with Crippen molar-refractivity contribution in [1.82, 2.24) is 5.32 Å². The summed E-state index contributed by atoms with van der Waals surface area (Å²) < 4.78 is 24.9. The number of carbonyl (C=O) groups is 1. The monoisotopic (exact) mass is 335 g/mol. The molecule has 0 spiro atoms. The van der Waals surface area contributed by atoms with E-state index in [2.05, 4.69) is 5.32 Å². The van der Waals surface area contributed by atoms with Gasteiger partial charge in [0, 0.05) is 13.2 Å². The first kappa shape index (κ1) is 17.4. The highest BCUT2D eigenvalue weighted by atomic mass is 19.1. The van der Waals surface area contributed by atoms with Gasteiger partial charge in [-0.25, -0.2) is 4.39 Å². The maximum Gasteiger partial charge on any atom is 0.224 e. The minimum atomic E-state index is -0.309. The third kappa shape index (κ3) is 4.54. The molecule has 2 fully saturated rings. The van der Waals surface area contributed by atoms with Gasteiger partial charge >= 0.3 is 0 Å². The van der Waals surface area contributed by atoms with Crippen LogP contribution in [-0.4, -0.2) is 37.9 Å². The zero-order valence-electron chi connectivity index (χ0n) is 14.2. The van der Waals surface area contributed by atoms with Gasteiger partial charge in [0.1, 0.15) is 11.9 Å². The number of rotatable bonds is 6. The van der Waals surface area contributed by atoms with E-state index in [1.54, 1.807) is 6.07 Å². The molecule has 1 N–H and O–H groups in total. The molecule has 0 radical (unpaired) electrons. The van der Waals surface area contributed by atoms with Gasteiger partial charge in [0.2, 0.25) is 5.91 Å². The molecular formula is C19H26FNO3. The predicted octanol–water partition coefficient (Wildman–Crippen LogP) is 2.77. The molecule has 1 aromatic carbocycles. The summed E-state index contributed by atoms with van der Waals surface area (Å²) in [5.41, 5.74) is 1.66. The average Bonchev–Trinajstić information content (AvgIpc) is 2.51. The molecule has 3 rings (SSSR count). The summed E-state index contributed by atoms with van der Waals surface area (Å²) in [4.78, 5) is 12.4. The third-order valence-corrected chi connectivity index (χ3v) is 5.08. The minimum absolute atomic E-state index is 0.0276. The van der Waals surface area contributed by atoms with Crippen molar-refractivity contribution in [2.45, 2.75) is 51.2 Å². The molecule has 1 saturated heterocycles. The van der Waals surface area contributed by atoms with Gasteiger partial charge in [-0.3, -0.25) is 4.79 Å². The molecule has 4 nitrogen and oxygen atoms in total. The summed E-state index contributed by atoms with van der Waals surface area (Å²) in [5.74, 6) is 0.266. The molecule has 1 saturated carbocycles. The van der Waals surface area contributed by atoms with E-state index in [0.29, 0.717) is 19.1 Å². The molecule has 132 valence electrons. The standard InChI is InChI=1S/C19H26FNO3/c1-13-5-6-16(20)9-15(13)10-19(22)21-17-7-8-23-12-18(17)24-11-14-3-2-4-14/h5-6,9,14,17-18H,2-4,7-8,10-12H2,1H3,(H,21,22)/t17-,18-/m1/s1. The second-order valence-electron chi connectivity index (χ2n) is 6.95. The molecule has 1 heterocycles. The fraction of sp³-hybridized carbons (Fsp3) is 0.632. The van der Waals surface area contributed by atoms with E-state index in [-0.39, 0.29) is 30.3 Å². The molecule has 0 unspecified atom stereocenters. The maximum atomic E-state index is 13.4. The van der Waals surface area contributed by atoms with E-state index >= 15 is 0 Å². The highest BCUT2D eigenvalue weighted by Gasteiger charge is 2.29. The second-order valence-corrected chi connectivity index (χ2v) is 6.95. The van der Waals surface area contributed by atoms with Crippen LogP contribution in [-0.2, 0) is 20.7 Å². The summed E-state index contributed by atoms with van der Waals surface area (Å²) in [6.45, 7) is 3.80. The average molecular weight is 335 g/mol. The number of nitrogens with one attached hydrogen (secondary N) is 1. The van der Waals surface area contributed by atoms with E-state index in [0.717, 1.165) is 24.2 Å². The van der Waals surface area contributed by atoms with Crippen molar-refractivity contribution < 1.29 is 18.7 Å². The number of aryl methyl sites for hydroxylation is 1. The number of carbonyl (C=O) groups excluding carboxylic acids is 1. The van der Waals surface area contributed by atoms with Gasteiger partial charge in [-0.1, -0.05) is 12.5 Å². The molecule has 2 aliphatic rings. The number of benzene rings is 1. The Labute approximate surface area is 142 Å². The normalized spacial score (nSPS) is 24.4. The largest absolute Gasteiger partial charge is 0.379 e. The first-order valence-electron chi connectivity index (χ1n) is 8.85. The Morgan fingerprint density at radius 2 is 2.21 bits per heavy atom. The van der Waals surface area contributed by atoms with Gasteiger partial charge in [0.25, 0.3) is 0 Å². The predicted molar refractivity (Wildman–Crippen MR) is 89.3 cm³/mol. The van der Waals surface area contributed by atoms with Gasteiger partial charge < -0.3 is 14.8 Å². The molecule has 1 aliphatic heterocycles. The Kier molecular flexibility index (Phi) is 5.85. The van der Waals surface area contributed by atoms with Gasteiger partial charge in [-0.15, -0.1) is 0 Å². The molecule has 1 aliphatic carbocycles. The quantitative estimate of drug-likeness (QED) is 0.870. The number of amides is 1. The lowest BCUT2D eigenvalue weighted by Gasteiger charge is -2.34. The maximum absolute atomic E-state index is 13.4. The molecule has 2 atom stereocenters. The molecule has 5 heteroatoms. The minimum Gasteiger partial charge on any atom is -0.379 e. The van der Waals surface area contributed by atoms with Crippen LogP contribution in [0.4, 0.5) is 4.39 Å². The molecule has 24 heavy (non-hydrogen) atoms. The van der Waals surface area contributed by atoms with Crippen LogP contribution in [0.2, 0.25) is 0 Å². The fourth-order valence-corrected chi connectivity index (χ4v) is 3.22. The van der Waals surface area contributed by atoms with Crippen molar-refractivity contribution in [1.29, 1.82) is 0 Å². The highest BCUT2D eigenvalue weighted by molar-refractivity contribution is 5.79. The fourth-order valence-electron chi connectivity index (χ4n) is 3.22. The Bertz CT molecular complexity index is 574. The summed E-state index contributed by atoms with van der Waals surface area (Å²) in [6.07, 6.45) is 4.63. The molecule has 0 aromatic heterocycles. The number of hydrogen-bond acceptors (Lipinski definition) is 3. The third-order valence-electron chi connectivity index (χ3n) is 5.08. The summed E-state index contributed by atoms with van der Waals surface area (Å²) >= 11 is 0. The molecule has 1 aromatic rings. The number of hydrogen-bond donors (Lipinski definition) is 1. The second kappa shape index (κ2) is 8.08. The molecular weight excluding hydrogens is 309 g/mol. The number of ether oxygens (including phenoxy) is 2. The van der Waals surface area contributed by atoms with Crippen LogP contribution in [0, 0.1) is 18.7 Å². The zero-order valence-corrected chi connectivity index (χ0v) is 14.2. The number of halogens is 1. The highest BCUT2D eigenvalue weighted by Crippen LogP contribution is 2.27. The van der Waals surface area contributed by atoms with Crippen LogP contribution in [0.15, 0.2) is 18.2 Å². The molecule has 0 bridgehead atoms. The van der Waals surface area contributed by atoms with Crippen LogP contribution in [0.5, 0.6) is 0 Å². The van der Waals surface area contributed by atoms with Crippen LogP contribution >= 0.6 is 0 Å². The van der Waals surface area contributed by atoms with Crippen molar-refractivity contribution in [3.63, 3.8) is 0 Å². The van der Waals surface area contributed by atoms with E-state index in [9.17, 15) is 9.18 Å². The van der Waals surface area contributed by atoms with E-state index in [4.69, 9.17) is 9.47 Å². The van der Waals surface area contributed by atoms with Crippen molar-refractivity contribution in [2.24, 2.45) is 5.92 Å². The van der Waals surface area contributed by atoms with Crippen LogP contribution in [0.1, 0.15) is 36.8 Å². The van der Waals surface area contributed by atoms with Crippen molar-refractivity contribution in [3.8, 4) is 0 Å². The summed E-state index contributed by atoms with van der Waals surface area (Å²) in [6, 6.07) is 4.53. The van der Waals surface area contributed by atoms with Crippen LogP contribution in [0.3, 0.4) is 0 Å². The van der Waals surface area contributed by atoms with Crippen LogP contribution in [0.25, 0.3) is 0 Å². The SMILES string of the molecule is Cc1ccc(F)cc1CC(=O)N[C@@H]1CCOC[C@H]1OCC1CCC1. The van der Waals surface area contributed by atoms with Gasteiger partial charge in [-0.2, -0.15) is 0 Å². The lowest BCUT2D eigenvalue weighted by atomic mass is 9.86. The summed E-state index contributed by atoms with van der Waals surface area (Å²) in [7, 11) is 0. The van der Waals surface area contributed by atoms with E-state index < -0.39 is 0 Å². The molecule has 1 amide bonds. The first-order valence-corrected chi connectivity index (χ1v) is 8.85. The first-order chi connectivity index (χ1) is 11.6. The summed E-state index contributed by atoms with van der Waals surface area (Å²) in [5, 5.41) is 3.06. The van der Waals surface area contributed by atoms with Gasteiger partial charge in [0.05, 0.1) is 19.1 Å². The topological polar surface area (TPSA) is 47.6 Å². The Hall–Kier alpha value is -1.46. The Morgan fingerprint density at radius 3 is 2.96 bits per heavy atom. The lowest BCUT2D eigenvalue weighted by Crippen LogP contribution is -2.50. The van der Waals surface area contributed by atoms with Gasteiger partial charge in [-0.05, 0) is 55.4 Å². The van der Waals surface area contributed by atoms with Gasteiger partial charge in [0.15, 0.2) is 0 Å². The van der Waals surface area contributed by atoms with Crippen molar-refractivity contribution in [3.05, 3.63) is 35.1 Å². The van der Waals surface area contributed by atoms with Crippen molar-refractivity contribution >= 4 is 5.91 Å². The van der Waals surface area contributed by atoms with E-state index in [1.165, 1.54) is 31.4 Å². The van der Waals surface area contributed by atoms with Crippen molar-refractivity contribution in [2.75, 3.05) is 19.8 Å². The Balaban J connectivity index is 1.53. The van der Waals surface area contributed by atoms with E-state index in [1.807, 2.05) is 6.92 Å².